The molecule has 0 aromatic heterocycles. The lowest BCUT2D eigenvalue weighted by atomic mass is 9.68. The van der Waals surface area contributed by atoms with Crippen molar-refractivity contribution in [1.29, 1.82) is 0 Å². The molecular weight excluding hydrogens is 458 g/mol. The molecule has 0 spiro atoms. The Balaban J connectivity index is 1.68. The molecular formula is C29H33NO6. The lowest BCUT2D eigenvalue weighted by molar-refractivity contribution is -0.140. The third-order valence-electron chi connectivity index (χ3n) is 6.53. The molecule has 0 fully saturated rings. The molecule has 7 nitrogen and oxygen atoms in total. The Labute approximate surface area is 212 Å². The fraction of sp³-hybridized carbons (Fsp3) is 0.379. The van der Waals surface area contributed by atoms with Crippen molar-refractivity contribution in [2.45, 2.75) is 39.5 Å². The molecule has 0 bridgehead atoms. The first-order chi connectivity index (χ1) is 17.3. The molecule has 36 heavy (non-hydrogen) atoms. The number of allylic oxidation sites excluding steroid dienone is 3. The highest BCUT2D eigenvalue weighted by atomic mass is 16.6. The Hall–Kier alpha value is -3.74. The van der Waals surface area contributed by atoms with Gasteiger partial charge in [0.1, 0.15) is 19.0 Å². The van der Waals surface area contributed by atoms with Gasteiger partial charge in [-0.15, -0.1) is 0 Å². The number of dihydropyridines is 1. The molecule has 7 heteroatoms. The van der Waals surface area contributed by atoms with Crippen LogP contribution in [0.5, 0.6) is 17.2 Å². The third-order valence-corrected chi connectivity index (χ3v) is 6.53. The van der Waals surface area contributed by atoms with E-state index in [1.54, 1.807) is 20.3 Å². The number of esters is 1. The van der Waals surface area contributed by atoms with Crippen molar-refractivity contribution < 1.29 is 28.5 Å². The van der Waals surface area contributed by atoms with Crippen molar-refractivity contribution >= 4 is 11.8 Å². The van der Waals surface area contributed by atoms with E-state index in [9.17, 15) is 9.59 Å². The summed E-state index contributed by atoms with van der Waals surface area (Å²) in [6, 6.07) is 14.8. The van der Waals surface area contributed by atoms with Crippen LogP contribution in [-0.4, -0.2) is 39.2 Å². The van der Waals surface area contributed by atoms with Crippen LogP contribution in [0.3, 0.4) is 0 Å². The first-order valence-corrected chi connectivity index (χ1v) is 12.1. The van der Waals surface area contributed by atoms with Gasteiger partial charge in [0.2, 0.25) is 0 Å². The minimum absolute atomic E-state index is 0.00818. The Kier molecular flexibility index (Phi) is 7.38. The maximum Gasteiger partial charge on any atom is 0.336 e. The average Bonchev–Trinajstić information content (AvgIpc) is 2.84. The molecule has 1 aliphatic heterocycles. The highest BCUT2D eigenvalue weighted by molar-refractivity contribution is 6.04. The van der Waals surface area contributed by atoms with Gasteiger partial charge in [0, 0.05) is 29.0 Å². The van der Waals surface area contributed by atoms with Crippen LogP contribution in [0.25, 0.3) is 0 Å². The minimum atomic E-state index is -0.641. The summed E-state index contributed by atoms with van der Waals surface area (Å²) in [7, 11) is 3.12. The fourth-order valence-corrected chi connectivity index (χ4v) is 5.05. The summed E-state index contributed by atoms with van der Waals surface area (Å²) in [6.45, 7) is 6.27. The maximum atomic E-state index is 13.5. The fourth-order valence-electron chi connectivity index (χ4n) is 5.05. The van der Waals surface area contributed by atoms with E-state index in [4.69, 9.17) is 18.9 Å². The summed E-state index contributed by atoms with van der Waals surface area (Å²) in [4.78, 5) is 27.0. The van der Waals surface area contributed by atoms with Gasteiger partial charge in [0.05, 0.1) is 25.7 Å². The monoisotopic (exact) mass is 491 g/mol. The van der Waals surface area contributed by atoms with E-state index in [-0.39, 0.29) is 24.4 Å². The van der Waals surface area contributed by atoms with Gasteiger partial charge in [-0.3, -0.25) is 4.79 Å². The van der Waals surface area contributed by atoms with Gasteiger partial charge in [-0.25, -0.2) is 4.79 Å². The maximum absolute atomic E-state index is 13.5. The first-order valence-electron chi connectivity index (χ1n) is 12.1. The zero-order valence-electron chi connectivity index (χ0n) is 21.5. The second-order valence-corrected chi connectivity index (χ2v) is 9.81. The topological polar surface area (TPSA) is 83.1 Å². The van der Waals surface area contributed by atoms with E-state index in [0.29, 0.717) is 52.5 Å². The molecule has 0 amide bonds. The SMILES string of the molecule is COc1cccc([C@@H]2C(C(=O)OCCOc3ccccc3)=C(C)NC3=C2C(=O)CC(C)(C)C3)c1OC. The number of carbonyl (C=O) groups excluding carboxylic acids is 2. The van der Waals surface area contributed by atoms with Crippen LogP contribution in [0, 0.1) is 5.41 Å². The average molecular weight is 492 g/mol. The van der Waals surface area contributed by atoms with Gasteiger partial charge >= 0.3 is 5.97 Å². The molecule has 2 aromatic rings. The van der Waals surface area contributed by atoms with Crippen LogP contribution in [-0.2, 0) is 14.3 Å². The molecule has 2 aromatic carbocycles. The number of ketones is 1. The number of methoxy groups -OCH3 is 2. The summed E-state index contributed by atoms with van der Waals surface area (Å²) in [5.74, 6) is 0.581. The molecule has 190 valence electrons. The van der Waals surface area contributed by atoms with Crippen LogP contribution < -0.4 is 19.5 Å². The molecule has 4 rings (SSSR count). The molecule has 0 radical (unpaired) electrons. The van der Waals surface area contributed by atoms with E-state index in [1.165, 1.54) is 0 Å². The van der Waals surface area contributed by atoms with Crippen LogP contribution >= 0.6 is 0 Å². The van der Waals surface area contributed by atoms with Crippen LogP contribution in [0.1, 0.15) is 45.1 Å². The third kappa shape index (κ3) is 5.10. The number of benzene rings is 2. The summed E-state index contributed by atoms with van der Waals surface area (Å²) in [6.07, 6.45) is 1.09. The van der Waals surface area contributed by atoms with Crippen molar-refractivity contribution in [3.8, 4) is 17.2 Å². The summed E-state index contributed by atoms with van der Waals surface area (Å²) >= 11 is 0. The number of hydrogen-bond acceptors (Lipinski definition) is 7. The Morgan fingerprint density at radius 1 is 1.00 bits per heavy atom. The van der Waals surface area contributed by atoms with Gasteiger partial charge in [-0.05, 0) is 37.0 Å². The standard InChI is InChI=1S/C29H33NO6/c1-18-24(28(32)36-15-14-35-19-10-7-6-8-11-19)25(20-12-9-13-23(33-4)27(20)34-5)26-21(30-18)16-29(2,3)17-22(26)31/h6-13,25,30H,14-17H2,1-5H3/t25-/m1/s1. The molecule has 0 saturated heterocycles. The molecule has 1 N–H and O–H groups in total. The highest BCUT2D eigenvalue weighted by Gasteiger charge is 2.44. The Bertz CT molecular complexity index is 1210. The van der Waals surface area contributed by atoms with Gasteiger partial charge in [-0.1, -0.05) is 44.2 Å². The van der Waals surface area contributed by atoms with Crippen molar-refractivity contribution in [2.75, 3.05) is 27.4 Å². The van der Waals surface area contributed by atoms with Gasteiger partial charge in [-0.2, -0.15) is 0 Å². The van der Waals surface area contributed by atoms with Gasteiger partial charge < -0.3 is 24.3 Å². The van der Waals surface area contributed by atoms with Crippen LogP contribution in [0.4, 0.5) is 0 Å². The van der Waals surface area contributed by atoms with Gasteiger partial charge in [0.15, 0.2) is 17.3 Å². The molecule has 0 saturated carbocycles. The Morgan fingerprint density at radius 3 is 2.44 bits per heavy atom. The summed E-state index contributed by atoms with van der Waals surface area (Å²) < 4.78 is 22.5. The smallest absolute Gasteiger partial charge is 0.336 e. The molecule has 2 aliphatic rings. The second kappa shape index (κ2) is 10.5. The molecule has 1 atom stereocenters. The number of carbonyl (C=O) groups is 2. The van der Waals surface area contributed by atoms with Crippen molar-refractivity contribution in [2.24, 2.45) is 5.41 Å². The predicted molar refractivity (Wildman–Crippen MR) is 136 cm³/mol. The number of para-hydroxylation sites is 2. The van der Waals surface area contributed by atoms with E-state index in [1.807, 2.05) is 49.4 Å². The van der Waals surface area contributed by atoms with E-state index < -0.39 is 11.9 Å². The molecule has 1 aliphatic carbocycles. The number of ether oxygens (including phenoxy) is 4. The highest BCUT2D eigenvalue weighted by Crippen LogP contribution is 2.50. The zero-order valence-corrected chi connectivity index (χ0v) is 21.5. The normalized spacial score (nSPS) is 18.8. The Morgan fingerprint density at radius 2 is 1.75 bits per heavy atom. The number of Topliss-reactive ketones (excluding diaryl/α,β-unsaturated/α-hetero) is 1. The minimum Gasteiger partial charge on any atom is -0.493 e. The number of nitrogens with one attached hydrogen (secondary N) is 1. The predicted octanol–water partition coefficient (Wildman–Crippen LogP) is 4.93. The first kappa shape index (κ1) is 25.4. The van der Waals surface area contributed by atoms with E-state index in [0.717, 1.165) is 5.70 Å². The zero-order chi connectivity index (χ0) is 25.9. The van der Waals surface area contributed by atoms with Gasteiger partial charge in [0.25, 0.3) is 0 Å². The molecule has 0 unspecified atom stereocenters. The lowest BCUT2D eigenvalue weighted by Crippen LogP contribution is -2.39. The van der Waals surface area contributed by atoms with Crippen LogP contribution in [0.15, 0.2) is 71.1 Å². The van der Waals surface area contributed by atoms with Crippen molar-refractivity contribution in [3.63, 3.8) is 0 Å². The number of hydrogen-bond donors (Lipinski definition) is 1. The lowest BCUT2D eigenvalue weighted by Gasteiger charge is -2.39. The summed E-state index contributed by atoms with van der Waals surface area (Å²) in [5, 5.41) is 3.35. The molecule has 1 heterocycles. The van der Waals surface area contributed by atoms with Crippen LogP contribution in [0.2, 0.25) is 0 Å². The van der Waals surface area contributed by atoms with Crippen molar-refractivity contribution in [3.05, 3.63) is 76.6 Å². The van der Waals surface area contributed by atoms with E-state index >= 15 is 0 Å². The quantitative estimate of drug-likeness (QED) is 0.414. The number of rotatable bonds is 8. The largest absolute Gasteiger partial charge is 0.493 e. The van der Waals surface area contributed by atoms with Crippen molar-refractivity contribution in [1.82, 2.24) is 5.32 Å². The van der Waals surface area contributed by atoms with E-state index in [2.05, 4.69) is 19.2 Å². The summed E-state index contributed by atoms with van der Waals surface area (Å²) in [5.41, 5.74) is 2.97. The second-order valence-electron chi connectivity index (χ2n) is 9.81.